The van der Waals surface area contributed by atoms with Crippen LogP contribution in [-0.2, 0) is 6.42 Å². The van der Waals surface area contributed by atoms with Crippen molar-refractivity contribution in [2.24, 2.45) is 0 Å². The second kappa shape index (κ2) is 8.49. The third-order valence-corrected chi connectivity index (χ3v) is 3.50. The predicted molar refractivity (Wildman–Crippen MR) is 76.7 cm³/mol. The van der Waals surface area contributed by atoms with Crippen LogP contribution in [0.1, 0.15) is 45.1 Å². The van der Waals surface area contributed by atoms with E-state index in [0.717, 1.165) is 44.2 Å². The van der Waals surface area contributed by atoms with E-state index in [1.807, 2.05) is 12.1 Å². The molecule has 1 unspecified atom stereocenters. The van der Waals surface area contributed by atoms with E-state index in [9.17, 15) is 4.39 Å². The Morgan fingerprint density at radius 3 is 2.78 bits per heavy atom. The van der Waals surface area contributed by atoms with E-state index >= 15 is 0 Å². The zero-order valence-corrected chi connectivity index (χ0v) is 12.1. The first-order chi connectivity index (χ1) is 8.69. The number of rotatable bonds is 8. The summed E-state index contributed by atoms with van der Waals surface area (Å²) in [6.45, 7) is 5.42. The Balaban J connectivity index is 2.38. The largest absolute Gasteiger partial charge is 0.314 e. The van der Waals surface area contributed by atoms with Crippen LogP contribution in [0, 0.1) is 5.82 Å². The molecular weight excluding hydrogens is 249 g/mol. The summed E-state index contributed by atoms with van der Waals surface area (Å²) in [6, 6.07) is 5.78. The van der Waals surface area contributed by atoms with E-state index in [1.54, 1.807) is 6.07 Å². The zero-order chi connectivity index (χ0) is 13.4. The Hall–Kier alpha value is -0.600. The van der Waals surface area contributed by atoms with Crippen molar-refractivity contribution in [1.82, 2.24) is 5.32 Å². The minimum Gasteiger partial charge on any atom is -0.314 e. The summed E-state index contributed by atoms with van der Waals surface area (Å²) in [5, 5.41) is 3.74. The summed E-state index contributed by atoms with van der Waals surface area (Å²) in [5.41, 5.74) is 0.729. The van der Waals surface area contributed by atoms with Crippen LogP contribution in [0.2, 0.25) is 5.02 Å². The first-order valence-corrected chi connectivity index (χ1v) is 7.23. The highest BCUT2D eigenvalue weighted by Crippen LogP contribution is 2.19. The summed E-state index contributed by atoms with van der Waals surface area (Å²) in [4.78, 5) is 0. The number of nitrogens with one attached hydrogen (secondary N) is 1. The van der Waals surface area contributed by atoms with Gasteiger partial charge < -0.3 is 5.32 Å². The maximum atomic E-state index is 13.7. The van der Waals surface area contributed by atoms with Crippen molar-refractivity contribution >= 4 is 11.6 Å². The number of aryl methyl sites for hydroxylation is 1. The van der Waals surface area contributed by atoms with Gasteiger partial charge in [0.05, 0.1) is 5.02 Å². The molecule has 0 aliphatic carbocycles. The Labute approximate surface area is 115 Å². The van der Waals surface area contributed by atoms with Gasteiger partial charge in [0.25, 0.3) is 0 Å². The topological polar surface area (TPSA) is 12.0 Å². The predicted octanol–water partition coefficient (Wildman–Crippen LogP) is 4.58. The zero-order valence-electron chi connectivity index (χ0n) is 11.3. The first-order valence-electron chi connectivity index (χ1n) is 6.85. The maximum Gasteiger partial charge on any atom is 0.144 e. The lowest BCUT2D eigenvalue weighted by molar-refractivity contribution is 0.454. The van der Waals surface area contributed by atoms with Gasteiger partial charge in [-0.15, -0.1) is 0 Å². The van der Waals surface area contributed by atoms with Gasteiger partial charge in [-0.1, -0.05) is 37.6 Å². The quantitative estimate of drug-likeness (QED) is 0.730. The van der Waals surface area contributed by atoms with Crippen molar-refractivity contribution in [3.63, 3.8) is 0 Å². The van der Waals surface area contributed by atoms with E-state index in [4.69, 9.17) is 11.6 Å². The summed E-state index contributed by atoms with van der Waals surface area (Å²) in [5.74, 6) is -0.256. The van der Waals surface area contributed by atoms with Gasteiger partial charge in [0, 0.05) is 6.04 Å². The van der Waals surface area contributed by atoms with Crippen LogP contribution in [0.5, 0.6) is 0 Å². The molecule has 0 heterocycles. The molecule has 1 nitrogen and oxygen atoms in total. The monoisotopic (exact) mass is 271 g/mol. The van der Waals surface area contributed by atoms with Crippen molar-refractivity contribution in [3.05, 3.63) is 34.6 Å². The standard InChI is InChI=1S/C15H23ClFN/c1-3-11-18-13(4-2)9-5-7-12-8-6-10-14(16)15(12)17/h6,8,10,13,18H,3-5,7,9,11H2,1-2H3. The highest BCUT2D eigenvalue weighted by molar-refractivity contribution is 6.30. The summed E-state index contributed by atoms with van der Waals surface area (Å²) in [6.07, 6.45) is 5.11. The lowest BCUT2D eigenvalue weighted by Crippen LogP contribution is -2.29. The molecule has 0 aliphatic rings. The molecule has 1 rings (SSSR count). The Morgan fingerprint density at radius 1 is 1.33 bits per heavy atom. The van der Waals surface area contributed by atoms with Crippen molar-refractivity contribution in [1.29, 1.82) is 0 Å². The van der Waals surface area contributed by atoms with Gasteiger partial charge in [0.15, 0.2) is 0 Å². The smallest absolute Gasteiger partial charge is 0.144 e. The van der Waals surface area contributed by atoms with Crippen molar-refractivity contribution < 1.29 is 4.39 Å². The molecule has 1 N–H and O–H groups in total. The fourth-order valence-electron chi connectivity index (χ4n) is 2.08. The van der Waals surface area contributed by atoms with Gasteiger partial charge in [0.2, 0.25) is 0 Å². The second-order valence-corrected chi connectivity index (χ2v) is 5.07. The van der Waals surface area contributed by atoms with Crippen LogP contribution < -0.4 is 5.32 Å². The second-order valence-electron chi connectivity index (χ2n) is 4.66. The normalized spacial score (nSPS) is 12.7. The molecule has 1 atom stereocenters. The van der Waals surface area contributed by atoms with E-state index in [1.165, 1.54) is 0 Å². The molecule has 0 bridgehead atoms. The van der Waals surface area contributed by atoms with Gasteiger partial charge in [-0.25, -0.2) is 4.39 Å². The molecule has 0 radical (unpaired) electrons. The molecular formula is C15H23ClFN. The molecule has 1 aromatic rings. The number of benzene rings is 1. The molecule has 0 spiro atoms. The molecule has 0 aliphatic heterocycles. The molecule has 102 valence electrons. The number of hydrogen-bond acceptors (Lipinski definition) is 1. The fraction of sp³-hybridized carbons (Fsp3) is 0.600. The Kier molecular flexibility index (Phi) is 7.29. The van der Waals surface area contributed by atoms with Crippen LogP contribution >= 0.6 is 11.6 Å². The highest BCUT2D eigenvalue weighted by Gasteiger charge is 2.08. The van der Waals surface area contributed by atoms with Gasteiger partial charge in [-0.05, 0) is 50.3 Å². The van der Waals surface area contributed by atoms with E-state index in [2.05, 4.69) is 19.2 Å². The van der Waals surface area contributed by atoms with Gasteiger partial charge in [0.1, 0.15) is 5.82 Å². The molecule has 0 aromatic heterocycles. The average Bonchev–Trinajstić information content (AvgIpc) is 2.38. The molecule has 1 aromatic carbocycles. The number of hydrogen-bond donors (Lipinski definition) is 1. The summed E-state index contributed by atoms with van der Waals surface area (Å²) in [7, 11) is 0. The van der Waals surface area contributed by atoms with Crippen LogP contribution in [0.4, 0.5) is 4.39 Å². The average molecular weight is 272 g/mol. The van der Waals surface area contributed by atoms with E-state index in [-0.39, 0.29) is 10.8 Å². The molecule has 0 saturated carbocycles. The fourth-order valence-corrected chi connectivity index (χ4v) is 2.27. The van der Waals surface area contributed by atoms with Gasteiger partial charge in [-0.3, -0.25) is 0 Å². The van der Waals surface area contributed by atoms with Crippen molar-refractivity contribution in [3.8, 4) is 0 Å². The lowest BCUT2D eigenvalue weighted by Gasteiger charge is -2.16. The van der Waals surface area contributed by atoms with Gasteiger partial charge in [-0.2, -0.15) is 0 Å². The highest BCUT2D eigenvalue weighted by atomic mass is 35.5. The minimum atomic E-state index is -0.256. The van der Waals surface area contributed by atoms with E-state index in [0.29, 0.717) is 6.04 Å². The Bertz CT molecular complexity index is 354. The van der Waals surface area contributed by atoms with E-state index < -0.39 is 0 Å². The molecule has 0 fully saturated rings. The number of halogens is 2. The third kappa shape index (κ3) is 4.95. The van der Waals surface area contributed by atoms with Crippen LogP contribution in [0.25, 0.3) is 0 Å². The van der Waals surface area contributed by atoms with Gasteiger partial charge >= 0.3 is 0 Å². The summed E-state index contributed by atoms with van der Waals surface area (Å²) < 4.78 is 13.7. The lowest BCUT2D eigenvalue weighted by atomic mass is 10.0. The van der Waals surface area contributed by atoms with Crippen molar-refractivity contribution in [2.45, 2.75) is 52.0 Å². The minimum absolute atomic E-state index is 0.226. The summed E-state index contributed by atoms with van der Waals surface area (Å²) >= 11 is 5.76. The third-order valence-electron chi connectivity index (χ3n) is 3.21. The molecule has 3 heteroatoms. The molecule has 0 amide bonds. The van der Waals surface area contributed by atoms with Crippen molar-refractivity contribution in [2.75, 3.05) is 6.54 Å². The van der Waals surface area contributed by atoms with Crippen LogP contribution in [0.3, 0.4) is 0 Å². The SMILES string of the molecule is CCCNC(CC)CCCc1cccc(Cl)c1F. The first kappa shape index (κ1) is 15.5. The maximum absolute atomic E-state index is 13.7. The Morgan fingerprint density at radius 2 is 2.11 bits per heavy atom. The molecule has 0 saturated heterocycles. The van der Waals surface area contributed by atoms with Crippen LogP contribution in [-0.4, -0.2) is 12.6 Å². The van der Waals surface area contributed by atoms with Crippen LogP contribution in [0.15, 0.2) is 18.2 Å². The molecule has 18 heavy (non-hydrogen) atoms.